The van der Waals surface area contributed by atoms with Crippen LogP contribution in [0, 0.1) is 0 Å². The number of hydrogen-bond acceptors (Lipinski definition) is 2. The van der Waals surface area contributed by atoms with Crippen molar-refractivity contribution in [1.29, 1.82) is 0 Å². The Kier molecular flexibility index (Phi) is 5.15. The average Bonchev–Trinajstić information content (AvgIpc) is 2.03. The fraction of sp³-hybridized carbons (Fsp3) is 0.714. The van der Waals surface area contributed by atoms with Crippen molar-refractivity contribution in [1.82, 2.24) is 10.3 Å². The van der Waals surface area contributed by atoms with Crippen LogP contribution in [0.5, 0.6) is 0 Å². The van der Waals surface area contributed by atoms with Gasteiger partial charge in [0.2, 0.25) is 6.41 Å². The van der Waals surface area contributed by atoms with Gasteiger partial charge in [0.05, 0.1) is 0 Å². The standard InChI is InChI=1S/C7H15N3O/c1-4-7(2)10(3)5-8-9-6-11/h5-7H,4H2,1-3H3,(H,9,11)/b8-5-. The van der Waals surface area contributed by atoms with Gasteiger partial charge in [0.15, 0.2) is 0 Å². The Morgan fingerprint density at radius 3 is 2.82 bits per heavy atom. The predicted octanol–water partition coefficient (Wildman–Crippen LogP) is 0.406. The molecule has 64 valence electrons. The molecule has 0 heterocycles. The van der Waals surface area contributed by atoms with Gasteiger partial charge < -0.3 is 4.90 Å². The molecule has 0 aliphatic heterocycles. The molecule has 0 saturated carbocycles. The second-order valence-corrected chi connectivity index (χ2v) is 2.41. The van der Waals surface area contributed by atoms with E-state index in [2.05, 4.69) is 24.4 Å². The summed E-state index contributed by atoms with van der Waals surface area (Å²) in [6, 6.07) is 0.451. The van der Waals surface area contributed by atoms with Crippen molar-refractivity contribution in [3.8, 4) is 0 Å². The first-order valence-corrected chi connectivity index (χ1v) is 3.66. The topological polar surface area (TPSA) is 44.7 Å². The lowest BCUT2D eigenvalue weighted by Gasteiger charge is -2.19. The molecule has 1 N–H and O–H groups in total. The number of carbonyl (C=O) groups excluding carboxylic acids is 1. The first kappa shape index (κ1) is 9.94. The maximum Gasteiger partial charge on any atom is 0.227 e. The number of carbonyl (C=O) groups is 1. The highest BCUT2D eigenvalue weighted by atomic mass is 16.1. The van der Waals surface area contributed by atoms with Crippen molar-refractivity contribution >= 4 is 12.7 Å². The van der Waals surface area contributed by atoms with E-state index in [0.29, 0.717) is 12.5 Å². The monoisotopic (exact) mass is 157 g/mol. The number of rotatable bonds is 5. The Hall–Kier alpha value is -1.06. The van der Waals surface area contributed by atoms with Crippen LogP contribution < -0.4 is 5.43 Å². The predicted molar refractivity (Wildman–Crippen MR) is 45.2 cm³/mol. The summed E-state index contributed by atoms with van der Waals surface area (Å²) in [7, 11) is 1.92. The molecule has 4 nitrogen and oxygen atoms in total. The van der Waals surface area contributed by atoms with Crippen LogP contribution in [0.3, 0.4) is 0 Å². The summed E-state index contributed by atoms with van der Waals surface area (Å²) in [5.74, 6) is 0. The first-order chi connectivity index (χ1) is 5.22. The molecule has 0 aromatic carbocycles. The van der Waals surface area contributed by atoms with Crippen molar-refractivity contribution in [3.05, 3.63) is 0 Å². The second-order valence-electron chi connectivity index (χ2n) is 2.41. The van der Waals surface area contributed by atoms with E-state index in [0.717, 1.165) is 6.42 Å². The third-order valence-corrected chi connectivity index (χ3v) is 1.65. The van der Waals surface area contributed by atoms with E-state index in [9.17, 15) is 4.79 Å². The number of hydrogen-bond donors (Lipinski definition) is 1. The van der Waals surface area contributed by atoms with Gasteiger partial charge in [-0.1, -0.05) is 6.92 Å². The molecule has 0 radical (unpaired) electrons. The van der Waals surface area contributed by atoms with Gasteiger partial charge in [0, 0.05) is 13.1 Å². The highest BCUT2D eigenvalue weighted by Crippen LogP contribution is 1.95. The highest BCUT2D eigenvalue weighted by Gasteiger charge is 2.00. The summed E-state index contributed by atoms with van der Waals surface area (Å²) in [6.07, 6.45) is 3.20. The van der Waals surface area contributed by atoms with E-state index in [1.54, 1.807) is 6.34 Å². The van der Waals surface area contributed by atoms with E-state index in [1.165, 1.54) is 0 Å². The summed E-state index contributed by atoms with van der Waals surface area (Å²) in [5, 5.41) is 3.64. The van der Waals surface area contributed by atoms with Crippen LogP contribution in [-0.4, -0.2) is 30.7 Å². The minimum Gasteiger partial charge on any atom is -0.362 e. The fourth-order valence-corrected chi connectivity index (χ4v) is 0.557. The van der Waals surface area contributed by atoms with E-state index in [1.807, 2.05) is 11.9 Å². The molecule has 11 heavy (non-hydrogen) atoms. The second kappa shape index (κ2) is 5.70. The van der Waals surface area contributed by atoms with Crippen molar-refractivity contribution in [2.45, 2.75) is 26.3 Å². The van der Waals surface area contributed by atoms with Crippen LogP contribution >= 0.6 is 0 Å². The summed E-state index contributed by atoms with van der Waals surface area (Å²) < 4.78 is 0. The molecule has 1 atom stereocenters. The molecule has 0 aliphatic carbocycles. The largest absolute Gasteiger partial charge is 0.362 e. The molecule has 0 aliphatic rings. The van der Waals surface area contributed by atoms with Crippen molar-refractivity contribution < 1.29 is 4.79 Å². The third kappa shape index (κ3) is 4.36. The van der Waals surface area contributed by atoms with Crippen LogP contribution in [0.2, 0.25) is 0 Å². The molecule has 0 rings (SSSR count). The molecule has 0 fully saturated rings. The van der Waals surface area contributed by atoms with E-state index in [-0.39, 0.29) is 0 Å². The summed E-state index contributed by atoms with van der Waals surface area (Å²) in [6.45, 7) is 4.19. The normalized spacial score (nSPS) is 13.0. The maximum absolute atomic E-state index is 9.78. The van der Waals surface area contributed by atoms with Gasteiger partial charge in [-0.15, -0.1) is 0 Å². The SMILES string of the molecule is CCC(C)N(C)/C=N\NC=O. The van der Waals surface area contributed by atoms with Crippen molar-refractivity contribution in [2.75, 3.05) is 7.05 Å². The molecule has 0 spiro atoms. The Bertz CT molecular complexity index is 136. The Labute approximate surface area is 67.3 Å². The molecule has 1 unspecified atom stereocenters. The Morgan fingerprint density at radius 1 is 1.73 bits per heavy atom. The minimum absolute atomic E-state index is 0.451. The van der Waals surface area contributed by atoms with E-state index in [4.69, 9.17) is 0 Å². The van der Waals surface area contributed by atoms with Crippen LogP contribution in [0.25, 0.3) is 0 Å². The van der Waals surface area contributed by atoms with Gasteiger partial charge in [-0.25, -0.2) is 5.43 Å². The Morgan fingerprint density at radius 2 is 2.36 bits per heavy atom. The van der Waals surface area contributed by atoms with Crippen LogP contribution in [0.4, 0.5) is 0 Å². The summed E-state index contributed by atoms with van der Waals surface area (Å²) in [4.78, 5) is 11.7. The summed E-state index contributed by atoms with van der Waals surface area (Å²) >= 11 is 0. The Balaban J connectivity index is 3.65. The molecular weight excluding hydrogens is 142 g/mol. The van der Waals surface area contributed by atoms with Crippen LogP contribution in [0.1, 0.15) is 20.3 Å². The molecule has 0 saturated heterocycles. The molecule has 0 aromatic heterocycles. The maximum atomic E-state index is 9.78. The van der Waals surface area contributed by atoms with Gasteiger partial charge >= 0.3 is 0 Å². The molecular formula is C7H15N3O. The molecule has 0 bridgehead atoms. The van der Waals surface area contributed by atoms with Gasteiger partial charge in [-0.2, -0.15) is 5.10 Å². The first-order valence-electron chi connectivity index (χ1n) is 3.66. The summed E-state index contributed by atoms with van der Waals surface area (Å²) in [5.41, 5.74) is 2.21. The lowest BCUT2D eigenvalue weighted by Crippen LogP contribution is -2.27. The number of hydrazone groups is 1. The molecule has 1 amide bonds. The van der Waals surface area contributed by atoms with Crippen LogP contribution in [0.15, 0.2) is 5.10 Å². The highest BCUT2D eigenvalue weighted by molar-refractivity contribution is 5.57. The smallest absolute Gasteiger partial charge is 0.227 e. The zero-order valence-corrected chi connectivity index (χ0v) is 7.24. The average molecular weight is 157 g/mol. The van der Waals surface area contributed by atoms with E-state index < -0.39 is 0 Å². The molecule has 4 heteroatoms. The lowest BCUT2D eigenvalue weighted by atomic mass is 10.2. The quantitative estimate of drug-likeness (QED) is 0.272. The van der Waals surface area contributed by atoms with Gasteiger partial charge in [0.25, 0.3) is 0 Å². The van der Waals surface area contributed by atoms with Gasteiger partial charge in [-0.3, -0.25) is 4.79 Å². The zero-order valence-electron chi connectivity index (χ0n) is 7.24. The minimum atomic E-state index is 0.451. The van der Waals surface area contributed by atoms with Gasteiger partial charge in [0.1, 0.15) is 6.34 Å². The van der Waals surface area contributed by atoms with E-state index >= 15 is 0 Å². The van der Waals surface area contributed by atoms with Crippen LogP contribution in [-0.2, 0) is 4.79 Å². The zero-order chi connectivity index (χ0) is 8.69. The third-order valence-electron chi connectivity index (χ3n) is 1.65. The van der Waals surface area contributed by atoms with Crippen molar-refractivity contribution in [3.63, 3.8) is 0 Å². The molecule has 0 aromatic rings. The van der Waals surface area contributed by atoms with Gasteiger partial charge in [-0.05, 0) is 13.3 Å². The fourth-order valence-electron chi connectivity index (χ4n) is 0.557. The number of nitrogens with zero attached hydrogens (tertiary/aromatic N) is 2. The van der Waals surface area contributed by atoms with Crippen molar-refractivity contribution in [2.24, 2.45) is 5.10 Å². The lowest BCUT2D eigenvalue weighted by molar-refractivity contribution is -0.109. The number of amides is 1. The number of nitrogens with one attached hydrogen (secondary N) is 1.